The van der Waals surface area contributed by atoms with Crippen molar-refractivity contribution in [1.29, 1.82) is 5.26 Å². The summed E-state index contributed by atoms with van der Waals surface area (Å²) in [4.78, 5) is 29.2. The average Bonchev–Trinajstić information content (AvgIpc) is 2.69. The molecule has 1 heterocycles. The Morgan fingerprint density at radius 1 is 1.25 bits per heavy atom. The lowest BCUT2D eigenvalue weighted by Crippen LogP contribution is -2.28. The normalized spacial score (nSPS) is 10.4. The van der Waals surface area contributed by atoms with Crippen molar-refractivity contribution in [2.75, 3.05) is 19.5 Å². The Morgan fingerprint density at radius 2 is 1.96 bits per heavy atom. The highest BCUT2D eigenvalue weighted by atomic mass is 35.5. The molecule has 0 bridgehead atoms. The zero-order valence-electron chi connectivity index (χ0n) is 15.0. The van der Waals surface area contributed by atoms with Gasteiger partial charge in [0.25, 0.3) is 5.56 Å². The first-order valence-corrected chi connectivity index (χ1v) is 8.45. The van der Waals surface area contributed by atoms with E-state index < -0.39 is 5.91 Å². The number of carbonyl (C=O) groups excluding carboxylic acids is 1. The van der Waals surface area contributed by atoms with Crippen molar-refractivity contribution in [1.82, 2.24) is 9.55 Å². The number of nitriles is 1. The van der Waals surface area contributed by atoms with E-state index in [0.717, 1.165) is 0 Å². The summed E-state index contributed by atoms with van der Waals surface area (Å²) in [7, 11) is 2.96. The van der Waals surface area contributed by atoms with Crippen LogP contribution in [0.5, 0.6) is 11.5 Å². The zero-order chi connectivity index (χ0) is 20.3. The van der Waals surface area contributed by atoms with Crippen molar-refractivity contribution in [2.45, 2.75) is 6.54 Å². The van der Waals surface area contributed by atoms with Crippen LogP contribution in [0.4, 0.5) is 5.69 Å². The molecule has 0 radical (unpaired) electrons. The third kappa shape index (κ3) is 3.75. The minimum absolute atomic E-state index is 0.228. The van der Waals surface area contributed by atoms with Gasteiger partial charge in [0.1, 0.15) is 12.6 Å². The summed E-state index contributed by atoms with van der Waals surface area (Å²) in [6.45, 7) is -0.242. The van der Waals surface area contributed by atoms with Gasteiger partial charge < -0.3 is 14.8 Å². The Balaban J connectivity index is 1.86. The number of carbonyl (C=O) groups is 1. The number of anilines is 1. The van der Waals surface area contributed by atoms with Gasteiger partial charge in [0.05, 0.1) is 42.0 Å². The zero-order valence-corrected chi connectivity index (χ0v) is 15.8. The molecule has 0 atom stereocenters. The molecule has 1 aromatic heterocycles. The Bertz CT molecular complexity index is 1170. The standard InChI is InChI=1S/C19H15ClN4O4/c1-27-16-6-13-15(7-17(16)28-2)22-10-24(19(13)26)9-18(25)23-12-4-3-11(8-21)14(20)5-12/h3-7,10H,9H2,1-2H3,(H,23,25). The van der Waals surface area contributed by atoms with E-state index in [1.54, 1.807) is 12.1 Å². The lowest BCUT2D eigenvalue weighted by atomic mass is 10.2. The maximum atomic E-state index is 12.7. The molecule has 9 heteroatoms. The number of hydrogen-bond donors (Lipinski definition) is 1. The number of fused-ring (bicyclic) bond motifs is 1. The number of aromatic nitrogens is 2. The van der Waals surface area contributed by atoms with Crippen LogP contribution in [-0.2, 0) is 11.3 Å². The molecule has 0 fully saturated rings. The van der Waals surface area contributed by atoms with Gasteiger partial charge in [-0.05, 0) is 24.3 Å². The van der Waals surface area contributed by atoms with Crippen LogP contribution >= 0.6 is 11.6 Å². The lowest BCUT2D eigenvalue weighted by Gasteiger charge is -2.11. The summed E-state index contributed by atoms with van der Waals surface area (Å²) in [5, 5.41) is 12.1. The second-order valence-corrected chi connectivity index (χ2v) is 6.16. The Morgan fingerprint density at radius 3 is 2.61 bits per heavy atom. The second-order valence-electron chi connectivity index (χ2n) is 5.76. The first kappa shape index (κ1) is 19.2. The predicted octanol–water partition coefficient (Wildman–Crippen LogP) is 2.58. The first-order valence-electron chi connectivity index (χ1n) is 8.07. The maximum absolute atomic E-state index is 12.7. The van der Waals surface area contributed by atoms with Crippen molar-refractivity contribution in [3.8, 4) is 17.6 Å². The van der Waals surface area contributed by atoms with E-state index in [2.05, 4.69) is 10.3 Å². The number of methoxy groups -OCH3 is 2. The molecule has 0 aliphatic heterocycles. The molecule has 0 aliphatic carbocycles. The van der Waals surface area contributed by atoms with Crippen molar-refractivity contribution in [3.05, 3.63) is 57.6 Å². The van der Waals surface area contributed by atoms with Crippen LogP contribution < -0.4 is 20.3 Å². The number of nitrogens with zero attached hydrogens (tertiary/aromatic N) is 3. The first-order chi connectivity index (χ1) is 13.5. The molecule has 1 N–H and O–H groups in total. The highest BCUT2D eigenvalue weighted by molar-refractivity contribution is 6.32. The molecule has 1 amide bonds. The largest absolute Gasteiger partial charge is 0.493 e. The van der Waals surface area contributed by atoms with E-state index in [9.17, 15) is 9.59 Å². The van der Waals surface area contributed by atoms with Gasteiger partial charge in [-0.3, -0.25) is 14.2 Å². The number of ether oxygens (including phenoxy) is 2. The lowest BCUT2D eigenvalue weighted by molar-refractivity contribution is -0.116. The molecule has 3 rings (SSSR count). The third-order valence-corrected chi connectivity index (χ3v) is 4.33. The molecule has 0 spiro atoms. The smallest absolute Gasteiger partial charge is 0.261 e. The molecule has 3 aromatic rings. The summed E-state index contributed by atoms with van der Waals surface area (Å²) in [6.07, 6.45) is 1.29. The molecule has 0 saturated carbocycles. The van der Waals surface area contributed by atoms with Crippen LogP contribution in [-0.4, -0.2) is 29.7 Å². The van der Waals surface area contributed by atoms with Gasteiger partial charge >= 0.3 is 0 Å². The van der Waals surface area contributed by atoms with Crippen LogP contribution in [0.1, 0.15) is 5.56 Å². The van der Waals surface area contributed by atoms with Crippen LogP contribution in [0.3, 0.4) is 0 Å². The average molecular weight is 399 g/mol. The van der Waals surface area contributed by atoms with Gasteiger partial charge in [0.15, 0.2) is 11.5 Å². The van der Waals surface area contributed by atoms with Crippen molar-refractivity contribution < 1.29 is 14.3 Å². The SMILES string of the molecule is COc1cc2ncn(CC(=O)Nc3ccc(C#N)c(Cl)c3)c(=O)c2cc1OC. The topological polar surface area (TPSA) is 106 Å². The van der Waals surface area contributed by atoms with E-state index in [0.29, 0.717) is 33.7 Å². The number of benzene rings is 2. The molecule has 0 aliphatic rings. The third-order valence-electron chi connectivity index (χ3n) is 4.02. The summed E-state index contributed by atoms with van der Waals surface area (Å²) < 4.78 is 11.6. The molecule has 28 heavy (non-hydrogen) atoms. The fourth-order valence-electron chi connectivity index (χ4n) is 2.64. The van der Waals surface area contributed by atoms with Crippen molar-refractivity contribution >= 4 is 34.1 Å². The van der Waals surface area contributed by atoms with Gasteiger partial charge in [-0.2, -0.15) is 5.26 Å². The molecular weight excluding hydrogens is 384 g/mol. The van der Waals surface area contributed by atoms with Gasteiger partial charge in [-0.15, -0.1) is 0 Å². The van der Waals surface area contributed by atoms with Crippen molar-refractivity contribution in [2.24, 2.45) is 0 Å². The number of amides is 1. The van der Waals surface area contributed by atoms with Crippen LogP contribution in [0, 0.1) is 11.3 Å². The highest BCUT2D eigenvalue weighted by Gasteiger charge is 2.13. The van der Waals surface area contributed by atoms with Crippen LogP contribution in [0.15, 0.2) is 41.5 Å². The van der Waals surface area contributed by atoms with Gasteiger partial charge in [0, 0.05) is 11.8 Å². The quantitative estimate of drug-likeness (QED) is 0.708. The summed E-state index contributed by atoms with van der Waals surface area (Å²) in [5.74, 6) is 0.405. The Hall–Kier alpha value is -3.57. The second kappa shape index (κ2) is 7.98. The predicted molar refractivity (Wildman–Crippen MR) is 104 cm³/mol. The number of nitrogens with one attached hydrogen (secondary N) is 1. The number of hydrogen-bond acceptors (Lipinski definition) is 6. The van der Waals surface area contributed by atoms with E-state index in [4.69, 9.17) is 26.3 Å². The summed E-state index contributed by atoms with van der Waals surface area (Å²) in [5.41, 5.74) is 0.762. The summed E-state index contributed by atoms with van der Waals surface area (Å²) in [6, 6.07) is 9.59. The maximum Gasteiger partial charge on any atom is 0.261 e. The van der Waals surface area contributed by atoms with E-state index >= 15 is 0 Å². The molecule has 0 saturated heterocycles. The van der Waals surface area contributed by atoms with E-state index in [1.807, 2.05) is 6.07 Å². The fourth-order valence-corrected chi connectivity index (χ4v) is 2.86. The van der Waals surface area contributed by atoms with Gasteiger partial charge in [-0.1, -0.05) is 11.6 Å². The summed E-state index contributed by atoms with van der Waals surface area (Å²) >= 11 is 5.96. The van der Waals surface area contributed by atoms with Gasteiger partial charge in [0.2, 0.25) is 5.91 Å². The molecule has 8 nitrogen and oxygen atoms in total. The van der Waals surface area contributed by atoms with E-state index in [1.165, 1.54) is 43.3 Å². The monoisotopic (exact) mass is 398 g/mol. The Kier molecular flexibility index (Phi) is 5.47. The molecular formula is C19H15ClN4O4. The molecule has 0 unspecified atom stereocenters. The van der Waals surface area contributed by atoms with Crippen LogP contribution in [0.25, 0.3) is 10.9 Å². The minimum Gasteiger partial charge on any atom is -0.493 e. The van der Waals surface area contributed by atoms with Gasteiger partial charge in [-0.25, -0.2) is 4.98 Å². The fraction of sp³-hybridized carbons (Fsp3) is 0.158. The number of halogens is 1. The van der Waals surface area contributed by atoms with Crippen LogP contribution in [0.2, 0.25) is 5.02 Å². The minimum atomic E-state index is -0.440. The molecule has 2 aromatic carbocycles. The molecule has 142 valence electrons. The van der Waals surface area contributed by atoms with E-state index in [-0.39, 0.29) is 17.1 Å². The highest BCUT2D eigenvalue weighted by Crippen LogP contribution is 2.29. The van der Waals surface area contributed by atoms with Crippen molar-refractivity contribution in [3.63, 3.8) is 0 Å². The number of rotatable bonds is 5. The Labute approximate surface area is 164 Å².